The van der Waals surface area contributed by atoms with Crippen molar-refractivity contribution in [3.63, 3.8) is 0 Å². The van der Waals surface area contributed by atoms with E-state index in [1.165, 1.54) is 6.92 Å². The van der Waals surface area contributed by atoms with Crippen LogP contribution >= 0.6 is 0 Å². The third-order valence-corrected chi connectivity index (χ3v) is 1.49. The summed E-state index contributed by atoms with van der Waals surface area (Å²) in [6.07, 6.45) is 2.36. The minimum absolute atomic E-state index is 0.109. The van der Waals surface area contributed by atoms with Gasteiger partial charge in [0.25, 0.3) is 0 Å². The topological polar surface area (TPSA) is 62.0 Å². The van der Waals surface area contributed by atoms with E-state index < -0.39 is 0 Å². The molecule has 1 amide bonds. The monoisotopic (exact) mass is 190 g/mol. The second kappa shape index (κ2) is 4.87. The lowest BCUT2D eigenvalue weighted by molar-refractivity contribution is -0.118. The molecule has 4 nitrogen and oxygen atoms in total. The van der Waals surface area contributed by atoms with Gasteiger partial charge in [-0.1, -0.05) is 11.8 Å². The molecule has 0 unspecified atom stereocenters. The Hall–Kier alpha value is -2.02. The number of H-pyrrole nitrogens is 1. The molecule has 0 saturated carbocycles. The van der Waals surface area contributed by atoms with Crippen LogP contribution in [0.15, 0.2) is 12.3 Å². The fourth-order valence-corrected chi connectivity index (χ4v) is 0.867. The van der Waals surface area contributed by atoms with Gasteiger partial charge in [0.05, 0.1) is 12.2 Å². The summed E-state index contributed by atoms with van der Waals surface area (Å²) >= 11 is 0. The number of aromatic nitrogens is 1. The zero-order chi connectivity index (χ0) is 10.4. The molecule has 4 heteroatoms. The largest absolute Gasteiger partial charge is 0.358 e. The normalized spacial score (nSPS) is 8.64. The Kier molecular flexibility index (Phi) is 3.50. The molecule has 0 aromatic carbocycles. The standard InChI is InChI=1S/C10H10N2O2/c1-8(14)11-4-2-3-9-5-10(7-13)12-6-9/h5-7,12H,4H2,1H3,(H,11,14). The van der Waals surface area contributed by atoms with E-state index in [4.69, 9.17) is 0 Å². The Morgan fingerprint density at radius 1 is 1.71 bits per heavy atom. The summed E-state index contributed by atoms with van der Waals surface area (Å²) in [6, 6.07) is 1.65. The number of aromatic amines is 1. The van der Waals surface area contributed by atoms with Gasteiger partial charge in [-0.05, 0) is 6.07 Å². The highest BCUT2D eigenvalue weighted by Crippen LogP contribution is 1.97. The predicted molar refractivity (Wildman–Crippen MR) is 51.7 cm³/mol. The van der Waals surface area contributed by atoms with Gasteiger partial charge >= 0.3 is 0 Å². The Morgan fingerprint density at radius 2 is 2.50 bits per heavy atom. The van der Waals surface area contributed by atoms with Crippen molar-refractivity contribution in [1.82, 2.24) is 10.3 Å². The van der Waals surface area contributed by atoms with Gasteiger partial charge in [-0.3, -0.25) is 9.59 Å². The van der Waals surface area contributed by atoms with Gasteiger partial charge in [0, 0.05) is 18.7 Å². The highest BCUT2D eigenvalue weighted by molar-refractivity contribution is 5.73. The SMILES string of the molecule is CC(=O)NCC#Cc1c[nH]c(C=O)c1. The molecule has 2 N–H and O–H groups in total. The highest BCUT2D eigenvalue weighted by Gasteiger charge is 1.92. The fourth-order valence-electron chi connectivity index (χ4n) is 0.867. The van der Waals surface area contributed by atoms with Gasteiger partial charge < -0.3 is 10.3 Å². The quantitative estimate of drug-likeness (QED) is 0.521. The Balaban J connectivity index is 2.50. The Labute approximate surface area is 81.7 Å². The zero-order valence-electron chi connectivity index (χ0n) is 7.76. The number of carbonyl (C=O) groups is 2. The van der Waals surface area contributed by atoms with E-state index in [1.54, 1.807) is 12.3 Å². The summed E-state index contributed by atoms with van der Waals surface area (Å²) < 4.78 is 0. The molecule has 0 spiro atoms. The molecular formula is C10H10N2O2. The lowest BCUT2D eigenvalue weighted by Crippen LogP contribution is -2.19. The first-order valence-corrected chi connectivity index (χ1v) is 4.09. The van der Waals surface area contributed by atoms with E-state index >= 15 is 0 Å². The molecule has 0 aliphatic rings. The van der Waals surface area contributed by atoms with Crippen molar-refractivity contribution in [2.45, 2.75) is 6.92 Å². The summed E-state index contributed by atoms with van der Waals surface area (Å²) in [5, 5.41) is 2.54. The van der Waals surface area contributed by atoms with Crippen molar-refractivity contribution in [2.75, 3.05) is 6.54 Å². The fraction of sp³-hybridized carbons (Fsp3) is 0.200. The maximum Gasteiger partial charge on any atom is 0.217 e. The number of hydrogen-bond donors (Lipinski definition) is 2. The third-order valence-electron chi connectivity index (χ3n) is 1.49. The van der Waals surface area contributed by atoms with Crippen LogP contribution in [0.25, 0.3) is 0 Å². The predicted octanol–water partition coefficient (Wildman–Crippen LogP) is 0.315. The number of hydrogen-bond acceptors (Lipinski definition) is 2. The van der Waals surface area contributed by atoms with Gasteiger partial charge in [0.2, 0.25) is 5.91 Å². The number of carbonyl (C=O) groups excluding carboxylic acids is 2. The summed E-state index contributed by atoms with van der Waals surface area (Å²) in [7, 11) is 0. The van der Waals surface area contributed by atoms with Crippen LogP contribution in [-0.2, 0) is 4.79 Å². The van der Waals surface area contributed by atoms with E-state index in [-0.39, 0.29) is 5.91 Å². The Bertz CT molecular complexity index is 396. The van der Waals surface area contributed by atoms with Gasteiger partial charge in [-0.15, -0.1) is 0 Å². The van der Waals surface area contributed by atoms with Crippen molar-refractivity contribution < 1.29 is 9.59 Å². The van der Waals surface area contributed by atoms with Crippen LogP contribution in [0.5, 0.6) is 0 Å². The summed E-state index contributed by atoms with van der Waals surface area (Å²) in [4.78, 5) is 23.5. The minimum atomic E-state index is -0.109. The molecule has 0 aliphatic carbocycles. The maximum absolute atomic E-state index is 10.5. The first kappa shape index (κ1) is 10.1. The van der Waals surface area contributed by atoms with Crippen molar-refractivity contribution in [2.24, 2.45) is 0 Å². The van der Waals surface area contributed by atoms with Crippen LogP contribution in [-0.4, -0.2) is 23.7 Å². The van der Waals surface area contributed by atoms with Crippen molar-refractivity contribution in [3.8, 4) is 11.8 Å². The first-order chi connectivity index (χ1) is 6.72. The molecule has 1 aromatic heterocycles. The zero-order valence-corrected chi connectivity index (χ0v) is 7.76. The number of rotatable bonds is 2. The summed E-state index contributed by atoms with van der Waals surface area (Å²) in [5.41, 5.74) is 1.23. The van der Waals surface area contributed by atoms with E-state index in [0.717, 1.165) is 11.8 Å². The Morgan fingerprint density at radius 3 is 3.07 bits per heavy atom. The molecule has 0 fully saturated rings. The second-order valence-electron chi connectivity index (χ2n) is 2.67. The average Bonchev–Trinajstić information content (AvgIpc) is 2.60. The molecule has 1 aromatic rings. The van der Waals surface area contributed by atoms with E-state index in [0.29, 0.717) is 12.2 Å². The molecule has 0 bridgehead atoms. The number of nitrogens with one attached hydrogen (secondary N) is 2. The summed E-state index contributed by atoms with van der Waals surface area (Å²) in [5.74, 6) is 5.44. The molecule has 0 atom stereocenters. The van der Waals surface area contributed by atoms with Gasteiger partial charge in [0.15, 0.2) is 6.29 Å². The molecule has 14 heavy (non-hydrogen) atoms. The van der Waals surface area contributed by atoms with Crippen LogP contribution < -0.4 is 5.32 Å². The lowest BCUT2D eigenvalue weighted by Gasteiger charge is -1.90. The van der Waals surface area contributed by atoms with Gasteiger partial charge in [-0.2, -0.15) is 0 Å². The molecule has 1 heterocycles. The van der Waals surface area contributed by atoms with Crippen LogP contribution in [0.1, 0.15) is 23.0 Å². The number of amides is 1. The molecule has 0 aliphatic heterocycles. The van der Waals surface area contributed by atoms with Gasteiger partial charge in [-0.25, -0.2) is 0 Å². The van der Waals surface area contributed by atoms with Crippen LogP contribution in [0.4, 0.5) is 0 Å². The minimum Gasteiger partial charge on any atom is -0.358 e. The number of aldehydes is 1. The van der Waals surface area contributed by atoms with Crippen LogP contribution in [0.2, 0.25) is 0 Å². The average molecular weight is 190 g/mol. The van der Waals surface area contributed by atoms with E-state index in [1.807, 2.05) is 0 Å². The van der Waals surface area contributed by atoms with Crippen molar-refractivity contribution in [3.05, 3.63) is 23.5 Å². The molecule has 72 valence electrons. The molecule has 0 saturated heterocycles. The highest BCUT2D eigenvalue weighted by atomic mass is 16.1. The maximum atomic E-state index is 10.5. The smallest absolute Gasteiger partial charge is 0.217 e. The van der Waals surface area contributed by atoms with Crippen LogP contribution in [0.3, 0.4) is 0 Å². The van der Waals surface area contributed by atoms with Gasteiger partial charge in [0.1, 0.15) is 0 Å². The third kappa shape index (κ3) is 3.15. The van der Waals surface area contributed by atoms with E-state index in [9.17, 15) is 9.59 Å². The molecule has 1 rings (SSSR count). The molecule has 0 radical (unpaired) electrons. The van der Waals surface area contributed by atoms with Crippen LogP contribution in [0, 0.1) is 11.8 Å². The summed E-state index contributed by atoms with van der Waals surface area (Å²) in [6.45, 7) is 1.75. The lowest BCUT2D eigenvalue weighted by atomic mass is 10.3. The first-order valence-electron chi connectivity index (χ1n) is 4.09. The van der Waals surface area contributed by atoms with Crippen molar-refractivity contribution in [1.29, 1.82) is 0 Å². The second-order valence-corrected chi connectivity index (χ2v) is 2.67. The van der Waals surface area contributed by atoms with Crippen molar-refractivity contribution >= 4 is 12.2 Å². The molecular weight excluding hydrogens is 180 g/mol. The van der Waals surface area contributed by atoms with E-state index in [2.05, 4.69) is 22.1 Å².